The third-order valence-corrected chi connectivity index (χ3v) is 6.88. The largest absolute Gasteiger partial charge is 0.484 e. The maximum Gasteiger partial charge on any atom is 0.258 e. The van der Waals surface area contributed by atoms with Crippen molar-refractivity contribution in [3.05, 3.63) is 47.8 Å². The van der Waals surface area contributed by atoms with Crippen molar-refractivity contribution in [3.63, 3.8) is 0 Å². The number of fused-ring (bicyclic) bond motifs is 4. The number of hydrogen-bond acceptors (Lipinski definition) is 7. The molecule has 1 atom stereocenters. The number of ether oxygens (including phenoxy) is 1. The molecule has 2 bridgehead atoms. The summed E-state index contributed by atoms with van der Waals surface area (Å²) in [5.41, 5.74) is -0.437. The van der Waals surface area contributed by atoms with E-state index < -0.39 is 23.0 Å². The summed E-state index contributed by atoms with van der Waals surface area (Å²) in [5, 5.41) is 25.5. The number of aliphatic hydroxyl groups excluding tert-OH is 1. The molecule has 3 aliphatic rings. The third-order valence-electron chi connectivity index (χ3n) is 6.57. The van der Waals surface area contributed by atoms with Crippen molar-refractivity contribution in [2.75, 3.05) is 11.9 Å². The first-order valence-corrected chi connectivity index (χ1v) is 10.8. The Kier molecular flexibility index (Phi) is 5.13. The Morgan fingerprint density at radius 3 is 2.91 bits per heavy atom. The van der Waals surface area contributed by atoms with Crippen molar-refractivity contribution < 1.29 is 19.0 Å². The van der Waals surface area contributed by atoms with Gasteiger partial charge in [0.1, 0.15) is 17.9 Å². The van der Waals surface area contributed by atoms with Crippen LogP contribution in [0, 0.1) is 5.82 Å². The van der Waals surface area contributed by atoms with E-state index >= 15 is 0 Å². The van der Waals surface area contributed by atoms with E-state index in [0.29, 0.717) is 43.6 Å². The van der Waals surface area contributed by atoms with E-state index in [0.717, 1.165) is 6.07 Å². The Hall–Kier alpha value is -2.98. The van der Waals surface area contributed by atoms with Gasteiger partial charge in [-0.3, -0.25) is 9.20 Å². The molecule has 3 saturated carbocycles. The summed E-state index contributed by atoms with van der Waals surface area (Å²) in [7, 11) is 0. The van der Waals surface area contributed by atoms with Crippen molar-refractivity contribution in [2.24, 2.45) is 0 Å². The quantitative estimate of drug-likeness (QED) is 0.517. The van der Waals surface area contributed by atoms with Gasteiger partial charge in [0, 0.05) is 24.0 Å². The predicted octanol–water partition coefficient (Wildman–Crippen LogP) is 2.34. The molecule has 11 heteroatoms. The van der Waals surface area contributed by atoms with E-state index in [1.54, 1.807) is 23.1 Å². The van der Waals surface area contributed by atoms with Crippen molar-refractivity contribution in [1.82, 2.24) is 24.9 Å². The monoisotopic (exact) mass is 460 g/mol. The molecule has 9 nitrogen and oxygen atoms in total. The Bertz CT molecular complexity index is 1160. The van der Waals surface area contributed by atoms with Crippen molar-refractivity contribution >= 4 is 29.0 Å². The molecule has 0 unspecified atom stereocenters. The molecular weight excluding hydrogens is 439 g/mol. The van der Waals surface area contributed by atoms with Gasteiger partial charge in [-0.2, -0.15) is 0 Å². The van der Waals surface area contributed by atoms with Gasteiger partial charge in [0.25, 0.3) is 5.91 Å². The van der Waals surface area contributed by atoms with E-state index in [4.69, 9.17) is 16.3 Å². The van der Waals surface area contributed by atoms with Gasteiger partial charge >= 0.3 is 0 Å². The highest BCUT2D eigenvalue weighted by atomic mass is 35.5. The van der Waals surface area contributed by atoms with Crippen LogP contribution in [0.5, 0.6) is 5.75 Å². The fourth-order valence-electron chi connectivity index (χ4n) is 4.79. The summed E-state index contributed by atoms with van der Waals surface area (Å²) < 4.78 is 20.7. The van der Waals surface area contributed by atoms with E-state index in [-0.39, 0.29) is 23.3 Å². The third kappa shape index (κ3) is 3.73. The number of carbonyl (C=O) groups excluding carboxylic acids is 1. The molecule has 3 aromatic rings. The number of amides is 1. The molecule has 3 fully saturated rings. The molecule has 0 aliphatic heterocycles. The van der Waals surface area contributed by atoms with Gasteiger partial charge in [-0.05, 0) is 44.2 Å². The lowest BCUT2D eigenvalue weighted by molar-refractivity contribution is -0.128. The van der Waals surface area contributed by atoms with Crippen LogP contribution in [-0.2, 0) is 4.79 Å². The van der Waals surface area contributed by atoms with Crippen LogP contribution in [0.15, 0.2) is 36.9 Å². The highest BCUT2D eigenvalue weighted by molar-refractivity contribution is 6.30. The van der Waals surface area contributed by atoms with E-state index in [1.165, 1.54) is 12.1 Å². The average molecular weight is 461 g/mol. The first-order chi connectivity index (χ1) is 15.4. The van der Waals surface area contributed by atoms with Gasteiger partial charge < -0.3 is 20.5 Å². The van der Waals surface area contributed by atoms with Gasteiger partial charge in [0.15, 0.2) is 12.4 Å². The smallest absolute Gasteiger partial charge is 0.258 e. The Morgan fingerprint density at radius 1 is 1.34 bits per heavy atom. The van der Waals surface area contributed by atoms with Crippen LogP contribution in [0.2, 0.25) is 5.02 Å². The molecule has 0 radical (unpaired) electrons. The molecular formula is C21H22ClFN6O3. The number of nitrogens with one attached hydrogen (secondary N) is 2. The van der Waals surface area contributed by atoms with E-state index in [9.17, 15) is 14.3 Å². The van der Waals surface area contributed by atoms with Crippen LogP contribution in [-0.4, -0.2) is 54.4 Å². The minimum absolute atomic E-state index is 0.00775. The molecule has 1 amide bonds. The van der Waals surface area contributed by atoms with Crippen LogP contribution < -0.4 is 15.4 Å². The number of aromatic nitrogens is 4. The van der Waals surface area contributed by atoms with Crippen molar-refractivity contribution in [3.8, 4) is 5.75 Å². The van der Waals surface area contributed by atoms with E-state index in [2.05, 4.69) is 25.8 Å². The number of hydrogen-bond donors (Lipinski definition) is 3. The van der Waals surface area contributed by atoms with Crippen LogP contribution in [0.3, 0.4) is 0 Å². The summed E-state index contributed by atoms with van der Waals surface area (Å²) >= 11 is 5.66. The van der Waals surface area contributed by atoms with Crippen LogP contribution in [0.4, 0.5) is 10.2 Å². The Labute approximate surface area is 188 Å². The van der Waals surface area contributed by atoms with Gasteiger partial charge in [0.2, 0.25) is 5.65 Å². The van der Waals surface area contributed by atoms with Gasteiger partial charge in [-0.25, -0.2) is 9.37 Å². The van der Waals surface area contributed by atoms with Gasteiger partial charge in [-0.1, -0.05) is 11.6 Å². The Morgan fingerprint density at radius 2 is 2.16 bits per heavy atom. The van der Waals surface area contributed by atoms with Crippen LogP contribution >= 0.6 is 11.6 Å². The lowest BCUT2D eigenvalue weighted by Crippen LogP contribution is -2.67. The number of carbonyl (C=O) groups is 1. The summed E-state index contributed by atoms with van der Waals surface area (Å²) in [6, 6.07) is 4.03. The SMILES string of the molecule is O=C(COc1ccc(Cl)c(F)c1)NC12CCC(Nc3nccn4cnnc34)(CC1)[C@H](O)C2. The molecule has 2 heterocycles. The number of anilines is 1. The topological polar surface area (TPSA) is 114 Å². The maximum absolute atomic E-state index is 13.5. The van der Waals surface area contributed by atoms with Crippen LogP contribution in [0.1, 0.15) is 32.1 Å². The van der Waals surface area contributed by atoms with E-state index in [1.807, 2.05) is 0 Å². The number of nitrogens with zero attached hydrogens (tertiary/aromatic N) is 4. The lowest BCUT2D eigenvalue weighted by atomic mass is 9.60. The second kappa shape index (κ2) is 7.86. The lowest BCUT2D eigenvalue weighted by Gasteiger charge is -2.56. The average Bonchev–Trinajstić information content (AvgIpc) is 3.26. The van der Waals surface area contributed by atoms with Gasteiger partial charge in [0.05, 0.1) is 16.7 Å². The molecule has 0 saturated heterocycles. The molecule has 0 spiro atoms. The maximum atomic E-state index is 13.5. The fourth-order valence-corrected chi connectivity index (χ4v) is 4.91. The molecule has 6 rings (SSSR count). The minimum atomic E-state index is -0.679. The molecule has 1 aromatic carbocycles. The normalized spacial score (nSPS) is 26.8. The van der Waals surface area contributed by atoms with Crippen molar-refractivity contribution in [2.45, 2.75) is 49.3 Å². The summed E-state index contributed by atoms with van der Waals surface area (Å²) in [6.45, 7) is -0.249. The predicted molar refractivity (Wildman–Crippen MR) is 114 cm³/mol. The fraction of sp³-hybridized carbons (Fsp3) is 0.429. The zero-order valence-electron chi connectivity index (χ0n) is 17.1. The number of benzene rings is 1. The summed E-state index contributed by atoms with van der Waals surface area (Å²) in [4.78, 5) is 16.9. The first kappa shape index (κ1) is 20.9. The zero-order valence-corrected chi connectivity index (χ0v) is 17.8. The standard InChI is InChI=1S/C21H22ClFN6O3/c22-14-2-1-13(9-15(14)23)32-11-17(31)26-20-3-5-21(6-4-20,16(30)10-20)27-18-19-28-25-12-29(19)8-7-24-18/h1-2,7-9,12,16,30H,3-6,10-11H2,(H,24,27)(H,26,31)/t16-,20?,21?/m1/s1. The minimum Gasteiger partial charge on any atom is -0.484 e. The molecule has 2 aromatic heterocycles. The second-order valence-corrected chi connectivity index (χ2v) is 8.94. The second-order valence-electron chi connectivity index (χ2n) is 8.53. The number of rotatable bonds is 6. The molecule has 32 heavy (non-hydrogen) atoms. The highest BCUT2D eigenvalue weighted by Crippen LogP contribution is 2.48. The van der Waals surface area contributed by atoms with Crippen molar-refractivity contribution in [1.29, 1.82) is 0 Å². The number of aliphatic hydroxyl groups is 1. The van der Waals surface area contributed by atoms with Gasteiger partial charge in [-0.15, -0.1) is 10.2 Å². The molecule has 168 valence electrons. The number of halogens is 2. The Balaban J connectivity index is 1.22. The summed E-state index contributed by atoms with van der Waals surface area (Å²) in [5.74, 6) is -0.118. The highest BCUT2D eigenvalue weighted by Gasteiger charge is 2.55. The van der Waals surface area contributed by atoms with Crippen LogP contribution in [0.25, 0.3) is 5.65 Å². The zero-order chi connectivity index (χ0) is 22.3. The molecule has 3 aliphatic carbocycles. The summed E-state index contributed by atoms with van der Waals surface area (Å²) in [6.07, 6.45) is 7.48. The first-order valence-electron chi connectivity index (χ1n) is 10.4. The molecule has 3 N–H and O–H groups in total.